The highest BCUT2D eigenvalue weighted by Gasteiger charge is 2.27. The van der Waals surface area contributed by atoms with E-state index >= 15 is 0 Å². The molecule has 9 nitrogen and oxygen atoms in total. The van der Waals surface area contributed by atoms with E-state index < -0.39 is 26.5 Å². The average Bonchev–Trinajstić information content (AvgIpc) is 3.57. The van der Waals surface area contributed by atoms with E-state index in [2.05, 4.69) is 111 Å². The van der Waals surface area contributed by atoms with E-state index in [1.54, 1.807) is 0 Å². The van der Waals surface area contributed by atoms with Crippen LogP contribution in [0.15, 0.2) is 97.2 Å². The number of nitrogens with zero attached hydrogens (tertiary/aromatic N) is 1. The van der Waals surface area contributed by atoms with Gasteiger partial charge < -0.3 is 18.9 Å². The molecule has 0 aliphatic heterocycles. The SMILES string of the molecule is CC/C=C\C/C=C\C/C=C\C/C=C\C/C=C\CCCCCCCCCCCCCCCCCCCCCC(=O)OC(COC(=O)CCCCCCCCCCCCCCCC/C=C\C/C=C\C/C=C\CCCCCCC)COP(=O)(O)OCC[N+](C)(C)C. The molecule has 0 aromatic carbocycles. The van der Waals surface area contributed by atoms with E-state index in [4.69, 9.17) is 18.5 Å². The summed E-state index contributed by atoms with van der Waals surface area (Å²) in [7, 11) is 1.48. The number of esters is 2. The van der Waals surface area contributed by atoms with Crippen molar-refractivity contribution < 1.29 is 42.1 Å². The Bertz CT molecular complexity index is 1810. The third kappa shape index (κ3) is 72.0. The molecule has 0 spiro atoms. The Morgan fingerprint density at radius 3 is 0.966 bits per heavy atom. The summed E-state index contributed by atoms with van der Waals surface area (Å²) in [6.45, 7) is 4.35. The molecular formula is C78H141NO8P+. The first-order valence-electron chi connectivity index (χ1n) is 37.0. The predicted molar refractivity (Wildman–Crippen MR) is 381 cm³/mol. The molecule has 10 heteroatoms. The molecule has 2 atom stereocenters. The van der Waals surface area contributed by atoms with E-state index in [9.17, 15) is 19.0 Å². The number of hydrogen-bond acceptors (Lipinski definition) is 7. The van der Waals surface area contributed by atoms with Gasteiger partial charge in [0.15, 0.2) is 6.10 Å². The van der Waals surface area contributed by atoms with Gasteiger partial charge in [-0.3, -0.25) is 18.6 Å². The Labute approximate surface area is 544 Å². The van der Waals surface area contributed by atoms with Crippen LogP contribution in [0, 0.1) is 0 Å². The number of hydrogen-bond donors (Lipinski definition) is 1. The Kier molecular flexibility index (Phi) is 65.9. The van der Waals surface area contributed by atoms with Crippen LogP contribution in [0.25, 0.3) is 0 Å². The van der Waals surface area contributed by atoms with Crippen molar-refractivity contribution in [1.29, 1.82) is 0 Å². The summed E-state index contributed by atoms with van der Waals surface area (Å²) in [6.07, 6.45) is 95.2. The van der Waals surface area contributed by atoms with E-state index in [0.717, 1.165) is 77.0 Å². The fraction of sp³-hybridized carbons (Fsp3) is 0.769. The fourth-order valence-electron chi connectivity index (χ4n) is 10.5. The minimum atomic E-state index is -4.40. The predicted octanol–water partition coefficient (Wildman–Crippen LogP) is 24.3. The molecule has 1 N–H and O–H groups in total. The molecule has 510 valence electrons. The molecule has 0 fully saturated rings. The van der Waals surface area contributed by atoms with Crippen molar-refractivity contribution in [3.8, 4) is 0 Å². The van der Waals surface area contributed by atoms with Gasteiger partial charge in [0.1, 0.15) is 19.8 Å². The number of phosphoric ester groups is 1. The molecule has 0 aliphatic carbocycles. The van der Waals surface area contributed by atoms with Crippen molar-refractivity contribution in [3.63, 3.8) is 0 Å². The van der Waals surface area contributed by atoms with Gasteiger partial charge in [-0.05, 0) is 96.3 Å². The van der Waals surface area contributed by atoms with Crippen LogP contribution in [0.2, 0.25) is 0 Å². The summed E-state index contributed by atoms with van der Waals surface area (Å²) in [4.78, 5) is 35.9. The maximum atomic E-state index is 12.9. The van der Waals surface area contributed by atoms with Gasteiger partial charge in [-0.25, -0.2) is 4.57 Å². The number of unbranched alkanes of at least 4 members (excludes halogenated alkanes) is 38. The molecule has 2 unspecified atom stereocenters. The van der Waals surface area contributed by atoms with Gasteiger partial charge in [0.2, 0.25) is 0 Å². The first-order chi connectivity index (χ1) is 43.0. The summed E-state index contributed by atoms with van der Waals surface area (Å²) in [5.41, 5.74) is 0. The normalized spacial score (nSPS) is 13.7. The molecular weight excluding hydrogens is 1110 g/mol. The number of likely N-dealkylation sites (N-methyl/N-ethyl adjacent to an activating group) is 1. The Hall–Kier alpha value is -3.07. The van der Waals surface area contributed by atoms with Crippen LogP contribution in [0.3, 0.4) is 0 Å². The van der Waals surface area contributed by atoms with Crippen molar-refractivity contribution in [2.45, 2.75) is 341 Å². The van der Waals surface area contributed by atoms with Gasteiger partial charge in [0.25, 0.3) is 0 Å². The van der Waals surface area contributed by atoms with Crippen LogP contribution in [0.5, 0.6) is 0 Å². The highest BCUT2D eigenvalue weighted by atomic mass is 31.2. The second kappa shape index (κ2) is 68.3. The summed E-state index contributed by atoms with van der Waals surface area (Å²) in [5.74, 6) is -0.786. The second-order valence-corrected chi connectivity index (χ2v) is 27.4. The van der Waals surface area contributed by atoms with Crippen molar-refractivity contribution in [2.75, 3.05) is 47.5 Å². The Balaban J connectivity index is 4.00. The molecule has 0 aliphatic rings. The standard InChI is InChI=1S/C78H140NO8P/c1-6-8-10-12-14-16-18-20-22-24-26-28-30-32-34-36-37-38-39-40-41-43-45-47-49-51-53-55-57-59-61-63-65-67-69-71-78(81)87-76(75-86-88(82,83)85-73-72-79(3,4)5)74-84-77(80)70-68-66-64-62-60-58-56-54-52-50-48-46-44-42-35-33-31-29-27-25-23-21-19-17-15-13-11-9-7-2/h8,10,14,16,19-22,25-28,31-34,76H,6-7,9,11-13,15,17-18,23-24,29-30,35-75H2,1-5H3/p+1/b10-8-,16-14-,21-19-,22-20-,27-25-,28-26-,33-31-,34-32-. The maximum absolute atomic E-state index is 12.9. The van der Waals surface area contributed by atoms with Crippen LogP contribution >= 0.6 is 7.82 Å². The van der Waals surface area contributed by atoms with E-state index in [1.807, 2.05) is 21.1 Å². The van der Waals surface area contributed by atoms with Crippen LogP contribution < -0.4 is 0 Å². The lowest BCUT2D eigenvalue weighted by Gasteiger charge is -2.24. The topological polar surface area (TPSA) is 108 Å². The number of carbonyl (C=O) groups is 2. The molecule has 0 saturated carbocycles. The molecule has 88 heavy (non-hydrogen) atoms. The first-order valence-corrected chi connectivity index (χ1v) is 38.5. The van der Waals surface area contributed by atoms with Gasteiger partial charge >= 0.3 is 19.8 Å². The lowest BCUT2D eigenvalue weighted by molar-refractivity contribution is -0.870. The monoisotopic (exact) mass is 1250 g/mol. The average molecular weight is 1250 g/mol. The third-order valence-electron chi connectivity index (χ3n) is 16.1. The number of allylic oxidation sites excluding steroid dienone is 16. The lowest BCUT2D eigenvalue weighted by atomic mass is 10.0. The zero-order valence-corrected chi connectivity index (χ0v) is 59.1. The minimum Gasteiger partial charge on any atom is -0.462 e. The van der Waals surface area contributed by atoms with Crippen molar-refractivity contribution in [3.05, 3.63) is 97.2 Å². The van der Waals surface area contributed by atoms with Crippen molar-refractivity contribution in [1.82, 2.24) is 0 Å². The Morgan fingerprint density at radius 2 is 0.648 bits per heavy atom. The highest BCUT2D eigenvalue weighted by Crippen LogP contribution is 2.43. The second-order valence-electron chi connectivity index (χ2n) is 25.9. The maximum Gasteiger partial charge on any atom is 0.472 e. The van der Waals surface area contributed by atoms with Crippen molar-refractivity contribution in [2.24, 2.45) is 0 Å². The van der Waals surface area contributed by atoms with E-state index in [0.29, 0.717) is 17.4 Å². The van der Waals surface area contributed by atoms with E-state index in [-0.39, 0.29) is 32.0 Å². The molecule has 0 heterocycles. The molecule has 0 bridgehead atoms. The zero-order valence-electron chi connectivity index (χ0n) is 58.2. The quantitative estimate of drug-likeness (QED) is 0.0211. The molecule has 0 amide bonds. The van der Waals surface area contributed by atoms with Gasteiger partial charge in [0.05, 0.1) is 27.7 Å². The van der Waals surface area contributed by atoms with Crippen LogP contribution in [0.4, 0.5) is 0 Å². The summed E-state index contributed by atoms with van der Waals surface area (Å²) in [6, 6.07) is 0. The fourth-order valence-corrected chi connectivity index (χ4v) is 11.2. The van der Waals surface area contributed by atoms with E-state index in [1.165, 1.54) is 225 Å². The zero-order chi connectivity index (χ0) is 64.1. The molecule has 0 aromatic heterocycles. The van der Waals surface area contributed by atoms with Gasteiger partial charge in [-0.2, -0.15) is 0 Å². The number of carbonyl (C=O) groups excluding carboxylic acids is 2. The van der Waals surface area contributed by atoms with Gasteiger partial charge in [-0.15, -0.1) is 0 Å². The van der Waals surface area contributed by atoms with Gasteiger partial charge in [0, 0.05) is 12.8 Å². The molecule has 0 aromatic rings. The highest BCUT2D eigenvalue weighted by molar-refractivity contribution is 7.47. The Morgan fingerprint density at radius 1 is 0.364 bits per heavy atom. The summed E-state index contributed by atoms with van der Waals surface area (Å²) >= 11 is 0. The van der Waals surface area contributed by atoms with Crippen LogP contribution in [-0.4, -0.2) is 74.9 Å². The molecule has 0 radical (unpaired) electrons. The van der Waals surface area contributed by atoms with Crippen LogP contribution in [0.1, 0.15) is 335 Å². The molecule has 0 rings (SSSR count). The smallest absolute Gasteiger partial charge is 0.462 e. The van der Waals surface area contributed by atoms with Crippen LogP contribution in [-0.2, 0) is 32.7 Å². The largest absolute Gasteiger partial charge is 0.472 e. The number of ether oxygens (including phenoxy) is 2. The van der Waals surface area contributed by atoms with Gasteiger partial charge in [-0.1, -0.05) is 323 Å². The summed E-state index contributed by atoms with van der Waals surface area (Å²) in [5, 5.41) is 0. The summed E-state index contributed by atoms with van der Waals surface area (Å²) < 4.78 is 34.8. The van der Waals surface area contributed by atoms with Crippen molar-refractivity contribution >= 4 is 19.8 Å². The minimum absolute atomic E-state index is 0.0304. The number of phosphoric acid groups is 1. The lowest BCUT2D eigenvalue weighted by Crippen LogP contribution is -2.37. The number of rotatable bonds is 68. The first kappa shape index (κ1) is 84.9. The third-order valence-corrected chi connectivity index (χ3v) is 17.1. The number of quaternary nitrogens is 1. The molecule has 0 saturated heterocycles.